The lowest BCUT2D eigenvalue weighted by Gasteiger charge is -2.15. The monoisotopic (exact) mass is 419 g/mol. The number of hydrogen-bond donors (Lipinski definition) is 1. The fourth-order valence-electron chi connectivity index (χ4n) is 2.37. The van der Waals surface area contributed by atoms with Gasteiger partial charge in [-0.2, -0.15) is 13.2 Å². The van der Waals surface area contributed by atoms with E-state index in [1.54, 1.807) is 48.5 Å². The van der Waals surface area contributed by atoms with Gasteiger partial charge in [-0.05, 0) is 30.2 Å². The van der Waals surface area contributed by atoms with Crippen LogP contribution in [0.4, 0.5) is 24.8 Å². The molecule has 0 aliphatic rings. The Kier molecular flexibility index (Phi) is 6.64. The number of nitrogens with one attached hydrogen (secondary N) is 1. The lowest BCUT2D eigenvalue weighted by atomic mass is 10.2. The third kappa shape index (κ3) is 5.87. The third-order valence-electron chi connectivity index (χ3n) is 3.72. The Hall–Kier alpha value is -2.74. The Morgan fingerprint density at radius 3 is 2.41 bits per heavy atom. The molecule has 0 saturated carbocycles. The maximum Gasteiger partial charge on any atom is 0.420 e. The summed E-state index contributed by atoms with van der Waals surface area (Å²) in [6, 6.07) is 16.0. The van der Waals surface area contributed by atoms with Gasteiger partial charge in [0.15, 0.2) is 0 Å². The first-order valence-corrected chi connectivity index (χ1v) is 9.80. The van der Waals surface area contributed by atoms with Crippen LogP contribution in [0.1, 0.15) is 19.4 Å². The van der Waals surface area contributed by atoms with Crippen LogP contribution < -0.4 is 10.1 Å². The number of ether oxygens (including phenoxy) is 1. The highest BCUT2D eigenvalue weighted by molar-refractivity contribution is 7.99. The van der Waals surface area contributed by atoms with Crippen molar-refractivity contribution in [2.45, 2.75) is 29.9 Å². The molecule has 1 heterocycles. The molecule has 0 fully saturated rings. The van der Waals surface area contributed by atoms with Gasteiger partial charge in [0.25, 0.3) is 0 Å². The smallest absolute Gasteiger partial charge is 0.420 e. The van der Waals surface area contributed by atoms with E-state index in [0.717, 1.165) is 18.0 Å². The molecule has 1 aromatic heterocycles. The minimum absolute atomic E-state index is 0.0667. The molecule has 29 heavy (non-hydrogen) atoms. The van der Waals surface area contributed by atoms with Crippen LogP contribution in [0.25, 0.3) is 0 Å². The lowest BCUT2D eigenvalue weighted by Crippen LogP contribution is -2.11. The van der Waals surface area contributed by atoms with Gasteiger partial charge in [-0.1, -0.05) is 55.9 Å². The first-order valence-electron chi connectivity index (χ1n) is 8.99. The Morgan fingerprint density at radius 1 is 1.03 bits per heavy atom. The molecule has 0 bridgehead atoms. The zero-order valence-electron chi connectivity index (χ0n) is 15.9. The Bertz CT molecular complexity index is 949. The van der Waals surface area contributed by atoms with Gasteiger partial charge < -0.3 is 10.1 Å². The summed E-state index contributed by atoms with van der Waals surface area (Å²) in [6.45, 7) is 4.58. The zero-order valence-corrected chi connectivity index (χ0v) is 16.7. The van der Waals surface area contributed by atoms with Crippen LogP contribution in [0, 0.1) is 5.92 Å². The molecule has 0 radical (unpaired) electrons. The molecule has 0 atom stereocenters. The Morgan fingerprint density at radius 2 is 1.72 bits per heavy atom. The van der Waals surface area contributed by atoms with Crippen molar-refractivity contribution in [1.29, 1.82) is 0 Å². The van der Waals surface area contributed by atoms with Gasteiger partial charge in [0.1, 0.15) is 16.3 Å². The highest BCUT2D eigenvalue weighted by Gasteiger charge is 2.35. The fraction of sp³-hybridized carbons (Fsp3) is 0.238. The summed E-state index contributed by atoms with van der Waals surface area (Å²) >= 11 is 0.942. The summed E-state index contributed by atoms with van der Waals surface area (Å²) in [5.41, 5.74) is -0.287. The van der Waals surface area contributed by atoms with E-state index in [1.807, 2.05) is 19.9 Å². The van der Waals surface area contributed by atoms with E-state index in [-0.39, 0.29) is 11.0 Å². The molecule has 3 aromatic rings. The van der Waals surface area contributed by atoms with Crippen LogP contribution in [0.2, 0.25) is 0 Å². The third-order valence-corrected chi connectivity index (χ3v) is 4.74. The van der Waals surface area contributed by atoms with Crippen LogP contribution >= 0.6 is 11.8 Å². The van der Waals surface area contributed by atoms with E-state index in [4.69, 9.17) is 4.74 Å². The largest absolute Gasteiger partial charge is 0.491 e. The number of hydrogen-bond acceptors (Lipinski definition) is 5. The van der Waals surface area contributed by atoms with Crippen molar-refractivity contribution in [2.75, 3.05) is 11.9 Å². The van der Waals surface area contributed by atoms with Crippen molar-refractivity contribution in [1.82, 2.24) is 9.97 Å². The maximum atomic E-state index is 13.4. The van der Waals surface area contributed by atoms with Gasteiger partial charge in [0, 0.05) is 11.1 Å². The molecule has 0 saturated heterocycles. The van der Waals surface area contributed by atoms with E-state index in [9.17, 15) is 13.2 Å². The van der Waals surface area contributed by atoms with Gasteiger partial charge in [-0.3, -0.25) is 0 Å². The van der Waals surface area contributed by atoms with Gasteiger partial charge >= 0.3 is 6.18 Å². The van der Waals surface area contributed by atoms with E-state index in [2.05, 4.69) is 15.3 Å². The predicted molar refractivity (Wildman–Crippen MR) is 108 cm³/mol. The average Bonchev–Trinajstić information content (AvgIpc) is 2.67. The normalized spacial score (nSPS) is 11.5. The van der Waals surface area contributed by atoms with Crippen molar-refractivity contribution in [3.63, 3.8) is 0 Å². The van der Waals surface area contributed by atoms with Crippen LogP contribution in [0.15, 0.2) is 70.7 Å². The van der Waals surface area contributed by atoms with Crippen molar-refractivity contribution in [3.8, 4) is 5.75 Å². The highest BCUT2D eigenvalue weighted by atomic mass is 32.2. The summed E-state index contributed by atoms with van der Waals surface area (Å²) in [7, 11) is 0. The molecule has 3 rings (SSSR count). The number of para-hydroxylation sites is 2. The number of aromatic nitrogens is 2. The summed E-state index contributed by atoms with van der Waals surface area (Å²) in [4.78, 5) is 8.66. The van der Waals surface area contributed by atoms with Crippen LogP contribution in [0.5, 0.6) is 5.75 Å². The second-order valence-corrected chi connectivity index (χ2v) is 7.71. The molecule has 8 heteroatoms. The van der Waals surface area contributed by atoms with E-state index < -0.39 is 11.7 Å². The molecule has 1 N–H and O–H groups in total. The molecular weight excluding hydrogens is 399 g/mol. The summed E-state index contributed by atoms with van der Waals surface area (Å²) in [5, 5.41) is 2.81. The molecule has 0 spiro atoms. The maximum absolute atomic E-state index is 13.4. The number of benzene rings is 2. The first-order chi connectivity index (χ1) is 13.8. The van der Waals surface area contributed by atoms with E-state index in [0.29, 0.717) is 28.9 Å². The predicted octanol–water partition coefficient (Wildman–Crippen LogP) is 6.43. The summed E-state index contributed by atoms with van der Waals surface area (Å²) < 4.78 is 46.0. The number of alkyl halides is 3. The average molecular weight is 419 g/mol. The van der Waals surface area contributed by atoms with Crippen molar-refractivity contribution >= 4 is 23.4 Å². The summed E-state index contributed by atoms with van der Waals surface area (Å²) in [5.74, 6) is 0.984. The van der Waals surface area contributed by atoms with Gasteiger partial charge in [-0.15, -0.1) is 0 Å². The standard InChI is InChI=1S/C21H20F3N3OS/c1-14(2)13-28-18-11-7-6-10-17(18)26-20-25-12-16(21(22,23)24)19(27-20)29-15-8-4-3-5-9-15/h3-12,14H,13H2,1-2H3,(H,25,26,27). The number of halogens is 3. The van der Waals surface area contributed by atoms with Crippen molar-refractivity contribution in [2.24, 2.45) is 5.92 Å². The zero-order chi connectivity index (χ0) is 20.9. The molecule has 4 nitrogen and oxygen atoms in total. The van der Waals surface area contributed by atoms with Crippen LogP contribution in [-0.2, 0) is 6.18 Å². The van der Waals surface area contributed by atoms with Crippen molar-refractivity contribution < 1.29 is 17.9 Å². The molecule has 0 aliphatic carbocycles. The fourth-order valence-corrected chi connectivity index (χ4v) is 3.30. The molecule has 0 aliphatic heterocycles. The second-order valence-electron chi connectivity index (χ2n) is 6.65. The number of anilines is 2. The minimum atomic E-state index is -4.55. The molecule has 2 aromatic carbocycles. The molecule has 152 valence electrons. The summed E-state index contributed by atoms with van der Waals surface area (Å²) in [6.07, 6.45) is -3.74. The SMILES string of the molecule is CC(C)COc1ccccc1Nc1ncc(C(F)(F)F)c(Sc2ccccc2)n1. The molecule has 0 unspecified atom stereocenters. The lowest BCUT2D eigenvalue weighted by molar-refractivity contribution is -0.140. The Balaban J connectivity index is 1.90. The highest BCUT2D eigenvalue weighted by Crippen LogP contribution is 2.39. The van der Waals surface area contributed by atoms with Gasteiger partial charge in [0.2, 0.25) is 5.95 Å². The minimum Gasteiger partial charge on any atom is -0.491 e. The second kappa shape index (κ2) is 9.17. The van der Waals surface area contributed by atoms with Crippen LogP contribution in [0.3, 0.4) is 0 Å². The van der Waals surface area contributed by atoms with E-state index in [1.165, 1.54) is 0 Å². The Labute approximate surface area is 171 Å². The number of rotatable bonds is 7. The van der Waals surface area contributed by atoms with Gasteiger partial charge in [0.05, 0.1) is 12.3 Å². The van der Waals surface area contributed by atoms with Gasteiger partial charge in [-0.25, -0.2) is 9.97 Å². The molecular formula is C21H20F3N3OS. The van der Waals surface area contributed by atoms with E-state index >= 15 is 0 Å². The molecule has 0 amide bonds. The quantitative estimate of drug-likeness (QED) is 0.448. The topological polar surface area (TPSA) is 47.0 Å². The number of nitrogens with zero attached hydrogens (tertiary/aromatic N) is 2. The van der Waals surface area contributed by atoms with Crippen molar-refractivity contribution in [3.05, 3.63) is 66.4 Å². The van der Waals surface area contributed by atoms with Crippen LogP contribution in [-0.4, -0.2) is 16.6 Å². The first kappa shape index (κ1) is 21.0.